The summed E-state index contributed by atoms with van der Waals surface area (Å²) in [6, 6.07) is 4.49. The zero-order valence-electron chi connectivity index (χ0n) is 14.7. The molecule has 1 aromatic heterocycles. The summed E-state index contributed by atoms with van der Waals surface area (Å²) in [7, 11) is -4.87. The molecule has 1 atom stereocenters. The lowest BCUT2D eigenvalue weighted by molar-refractivity contribution is -0.000950. The number of alkyl halides is 2. The van der Waals surface area contributed by atoms with Gasteiger partial charge in [0.15, 0.2) is 0 Å². The lowest BCUT2D eigenvalue weighted by atomic mass is 10.2. The van der Waals surface area contributed by atoms with E-state index in [1.54, 1.807) is 13.0 Å². The molecule has 0 saturated heterocycles. The van der Waals surface area contributed by atoms with E-state index in [1.807, 2.05) is 18.7 Å². The number of aryl methyl sites for hydroxylation is 1. The van der Waals surface area contributed by atoms with Gasteiger partial charge < -0.3 is 4.90 Å². The summed E-state index contributed by atoms with van der Waals surface area (Å²) in [5, 5.41) is 7.99. The van der Waals surface area contributed by atoms with Crippen molar-refractivity contribution in [1.29, 1.82) is 0 Å². The Bertz CT molecular complexity index is 923. The molecule has 148 valence electrons. The van der Waals surface area contributed by atoms with Crippen LogP contribution in [0.25, 0.3) is 0 Å². The minimum atomic E-state index is -4.87. The largest absolute Gasteiger partial charge is 0.372 e. The first-order valence-electron chi connectivity index (χ1n) is 7.78. The fraction of sp³-hybridized carbons (Fsp3) is 0.429. The topological polar surface area (TPSA) is 92.4 Å². The first-order valence-corrected chi connectivity index (χ1v) is 10.1. The Labute approximate surface area is 158 Å². The first-order chi connectivity index (χ1) is 12.8. The normalized spacial score (nSPS) is 13.9. The molecule has 1 unspecified atom stereocenters. The van der Waals surface area contributed by atoms with Crippen molar-refractivity contribution >= 4 is 43.7 Å². The number of halogens is 3. The van der Waals surface area contributed by atoms with Gasteiger partial charge >= 0.3 is 5.76 Å². The van der Waals surface area contributed by atoms with Crippen molar-refractivity contribution in [3.05, 3.63) is 24.0 Å². The van der Waals surface area contributed by atoms with E-state index in [0.29, 0.717) is 24.6 Å². The van der Waals surface area contributed by atoms with Crippen molar-refractivity contribution in [2.24, 2.45) is 14.6 Å². The van der Waals surface area contributed by atoms with Crippen LogP contribution in [0.4, 0.5) is 35.5 Å². The Balaban J connectivity index is 2.57. The molecule has 2 aromatic rings. The number of benzene rings is 1. The van der Waals surface area contributed by atoms with Gasteiger partial charge in [-0.1, -0.05) is 4.39 Å². The molecule has 0 radical (unpaired) electrons. The molecular weight excluding hydrogens is 405 g/mol. The van der Waals surface area contributed by atoms with Gasteiger partial charge in [0.2, 0.25) is 5.13 Å². The number of anilines is 1. The number of nitrogens with zero attached hydrogens (tertiary/aromatic N) is 6. The fourth-order valence-corrected chi connectivity index (χ4v) is 3.18. The van der Waals surface area contributed by atoms with Gasteiger partial charge in [0.05, 0.1) is 0 Å². The van der Waals surface area contributed by atoms with Crippen LogP contribution in [0.15, 0.2) is 32.8 Å². The smallest absolute Gasteiger partial charge is 0.345 e. The van der Waals surface area contributed by atoms with E-state index in [1.165, 1.54) is 12.1 Å². The predicted molar refractivity (Wildman–Crippen MR) is 97.3 cm³/mol. The van der Waals surface area contributed by atoms with Crippen molar-refractivity contribution in [2.75, 3.05) is 18.0 Å². The first kappa shape index (κ1) is 21.2. The Kier molecular flexibility index (Phi) is 7.21. The van der Waals surface area contributed by atoms with Gasteiger partial charge in [0, 0.05) is 30.3 Å². The molecule has 0 N–H and O–H groups in total. The summed E-state index contributed by atoms with van der Waals surface area (Å²) in [5.74, 6) is -3.14. The highest BCUT2D eigenvalue weighted by Crippen LogP contribution is 2.36. The highest BCUT2D eigenvalue weighted by atomic mass is 32.2. The van der Waals surface area contributed by atoms with Gasteiger partial charge in [0.1, 0.15) is 17.2 Å². The molecule has 0 aliphatic rings. The number of hydrogen-bond donors (Lipinski definition) is 0. The van der Waals surface area contributed by atoms with Gasteiger partial charge in [-0.25, -0.2) is 9.19 Å². The molecular formula is C14H17F3N6O2S2. The minimum absolute atomic E-state index is 0.00387. The van der Waals surface area contributed by atoms with Crippen molar-refractivity contribution in [3.8, 4) is 0 Å². The number of hydrogen-bond acceptors (Lipinski definition) is 9. The number of aromatic nitrogens is 2. The quantitative estimate of drug-likeness (QED) is 0.542. The molecule has 0 aliphatic carbocycles. The Morgan fingerprint density at radius 2 is 1.96 bits per heavy atom. The molecule has 27 heavy (non-hydrogen) atoms. The van der Waals surface area contributed by atoms with E-state index < -0.39 is 15.8 Å². The van der Waals surface area contributed by atoms with E-state index in [2.05, 4.69) is 28.3 Å². The van der Waals surface area contributed by atoms with Gasteiger partial charge in [-0.3, -0.25) is 0 Å². The van der Waals surface area contributed by atoms with Crippen molar-refractivity contribution in [1.82, 2.24) is 9.36 Å². The molecule has 0 aliphatic heterocycles. The number of rotatable bonds is 8. The van der Waals surface area contributed by atoms with E-state index in [0.717, 1.165) is 11.5 Å². The van der Waals surface area contributed by atoms with Crippen LogP contribution in [0.2, 0.25) is 0 Å². The molecule has 8 nitrogen and oxygen atoms in total. The molecule has 1 aromatic carbocycles. The molecule has 1 heterocycles. The summed E-state index contributed by atoms with van der Waals surface area (Å²) < 4.78 is 60.5. The van der Waals surface area contributed by atoms with Crippen LogP contribution in [-0.4, -0.2) is 32.4 Å². The standard InChI is InChI=1S/C14H17F3N6O2S2/c1-4-23(5-2)10-6-7-11(19-20-14-18-9(3)21-26-14)12(8-10)22-27(24,25-17)13(15)16/h6-8,13H,4-5H2,1-3H3. The Morgan fingerprint density at radius 3 is 2.48 bits per heavy atom. The molecule has 0 spiro atoms. The van der Waals surface area contributed by atoms with Crippen LogP contribution < -0.4 is 4.90 Å². The van der Waals surface area contributed by atoms with Crippen molar-refractivity contribution < 1.29 is 21.9 Å². The molecule has 2 rings (SSSR count). The summed E-state index contributed by atoms with van der Waals surface area (Å²) in [4.78, 5) is 5.89. The zero-order valence-corrected chi connectivity index (χ0v) is 16.3. The molecule has 0 saturated carbocycles. The van der Waals surface area contributed by atoms with Crippen molar-refractivity contribution in [3.63, 3.8) is 0 Å². The van der Waals surface area contributed by atoms with Crippen LogP contribution >= 0.6 is 11.5 Å². The molecule has 0 bridgehead atoms. The van der Waals surface area contributed by atoms with Gasteiger partial charge in [-0.15, -0.1) is 10.2 Å². The summed E-state index contributed by atoms with van der Waals surface area (Å²) in [6.07, 6.45) is 0. The summed E-state index contributed by atoms with van der Waals surface area (Å²) >= 11 is 0.991. The summed E-state index contributed by atoms with van der Waals surface area (Å²) in [6.45, 7) is 6.73. The summed E-state index contributed by atoms with van der Waals surface area (Å²) in [5.41, 5.74) is 0.371. The second-order valence-corrected chi connectivity index (χ2v) is 7.52. The van der Waals surface area contributed by atoms with E-state index >= 15 is 0 Å². The average Bonchev–Trinajstić information content (AvgIpc) is 3.07. The maximum atomic E-state index is 12.9. The maximum Gasteiger partial charge on any atom is 0.345 e. The van der Waals surface area contributed by atoms with E-state index in [9.17, 15) is 17.5 Å². The van der Waals surface area contributed by atoms with Crippen LogP contribution in [0.5, 0.6) is 0 Å². The zero-order chi connectivity index (χ0) is 20.0. The van der Waals surface area contributed by atoms with Crippen LogP contribution in [0.1, 0.15) is 19.7 Å². The van der Waals surface area contributed by atoms with Crippen LogP contribution in [0, 0.1) is 6.92 Å². The molecule has 0 fully saturated rings. The maximum absolute atomic E-state index is 12.9. The van der Waals surface area contributed by atoms with Crippen LogP contribution in [-0.2, 0) is 14.4 Å². The average molecular weight is 422 g/mol. The van der Waals surface area contributed by atoms with Gasteiger partial charge in [-0.2, -0.15) is 17.5 Å². The highest BCUT2D eigenvalue weighted by molar-refractivity contribution is 7.89. The fourth-order valence-electron chi connectivity index (χ4n) is 2.10. The highest BCUT2D eigenvalue weighted by Gasteiger charge is 2.25. The van der Waals surface area contributed by atoms with E-state index in [-0.39, 0.29) is 16.5 Å². The second-order valence-electron chi connectivity index (χ2n) is 5.10. The van der Waals surface area contributed by atoms with Gasteiger partial charge in [-0.05, 0) is 43.5 Å². The van der Waals surface area contributed by atoms with Crippen molar-refractivity contribution in [2.45, 2.75) is 26.5 Å². The lowest BCUT2D eigenvalue weighted by Crippen LogP contribution is -2.21. The Morgan fingerprint density at radius 1 is 1.26 bits per heavy atom. The lowest BCUT2D eigenvalue weighted by Gasteiger charge is -2.21. The SMILES string of the molecule is CCN(CC)c1ccc(N=Nc2nc(C)ns2)c(N=S(=O)(OF)C(F)F)c1. The second kappa shape index (κ2) is 9.19. The predicted octanol–water partition coefficient (Wildman–Crippen LogP) is 5.25. The molecule has 13 heteroatoms. The molecule has 0 amide bonds. The van der Waals surface area contributed by atoms with E-state index in [4.69, 9.17) is 0 Å². The third kappa shape index (κ3) is 5.20. The minimum Gasteiger partial charge on any atom is -0.372 e. The van der Waals surface area contributed by atoms with Crippen LogP contribution in [0.3, 0.4) is 0 Å². The Hall–Kier alpha value is -2.12. The monoisotopic (exact) mass is 422 g/mol. The third-order valence-corrected chi connectivity index (χ3v) is 5.16. The third-order valence-electron chi connectivity index (χ3n) is 3.39. The van der Waals surface area contributed by atoms with Gasteiger partial charge in [0.25, 0.3) is 10.0 Å². The number of azo groups is 1.